The summed E-state index contributed by atoms with van der Waals surface area (Å²) >= 11 is 0. The first-order valence-corrected chi connectivity index (χ1v) is 8.75. The highest BCUT2D eigenvalue weighted by Gasteiger charge is 2.14. The number of hydrogen-bond acceptors (Lipinski definition) is 3. The largest absolute Gasteiger partial charge is 0.264 e. The first-order chi connectivity index (χ1) is 11.1. The molecule has 0 unspecified atom stereocenters. The molecule has 0 fully saturated rings. The third kappa shape index (κ3) is 3.10. The maximum absolute atomic E-state index is 12.6. The lowest BCUT2D eigenvalue weighted by Crippen LogP contribution is -2.14. The first-order valence-electron chi connectivity index (χ1n) is 7.14. The molecule has 0 aliphatic rings. The molecule has 0 saturated heterocycles. The van der Waals surface area contributed by atoms with Crippen molar-refractivity contribution in [1.82, 2.24) is 8.96 Å². The summed E-state index contributed by atoms with van der Waals surface area (Å²) in [5.74, 6) is -0.0794. The molecule has 116 valence electrons. The number of hydrogen-bond donors (Lipinski definition) is 0. The third-order valence-electron chi connectivity index (χ3n) is 3.55. The normalized spacial score (nSPS) is 12.0. The number of pyridine rings is 1. The summed E-state index contributed by atoms with van der Waals surface area (Å²) in [6.45, 7) is 3.76. The fourth-order valence-electron chi connectivity index (χ4n) is 2.45. The van der Waals surface area contributed by atoms with Crippen molar-refractivity contribution in [2.24, 2.45) is 0 Å². The average Bonchev–Trinajstić information content (AvgIpc) is 3.00. The van der Waals surface area contributed by atoms with Crippen LogP contribution in [0.5, 0.6) is 0 Å². The van der Waals surface area contributed by atoms with Crippen molar-refractivity contribution in [2.45, 2.75) is 0 Å². The van der Waals surface area contributed by atoms with Crippen LogP contribution in [0.3, 0.4) is 0 Å². The number of nitrogens with zero attached hydrogens (tertiary/aromatic N) is 2. The van der Waals surface area contributed by atoms with Crippen LogP contribution in [0.15, 0.2) is 67.6 Å². The molecule has 0 saturated carbocycles. The Balaban J connectivity index is 1.91. The summed E-state index contributed by atoms with van der Waals surface area (Å²) in [7, 11) is -3.46. The molecule has 23 heavy (non-hydrogen) atoms. The Kier molecular flexibility index (Phi) is 4.12. The zero-order valence-electron chi connectivity index (χ0n) is 12.5. The van der Waals surface area contributed by atoms with Crippen LogP contribution in [-0.4, -0.2) is 23.1 Å². The molecule has 3 aromatic rings. The predicted molar refractivity (Wildman–Crippen MR) is 94.5 cm³/mol. The number of aromatic nitrogens is 2. The van der Waals surface area contributed by atoms with Gasteiger partial charge in [0.1, 0.15) is 0 Å². The number of fused-ring (bicyclic) bond motifs is 1. The molecule has 4 nitrogen and oxygen atoms in total. The zero-order valence-corrected chi connectivity index (χ0v) is 13.3. The van der Waals surface area contributed by atoms with Gasteiger partial charge in [-0.1, -0.05) is 43.0 Å². The number of benzene rings is 1. The van der Waals surface area contributed by atoms with Gasteiger partial charge in [-0.2, -0.15) is 0 Å². The molecule has 0 aliphatic carbocycles. The van der Waals surface area contributed by atoms with E-state index in [0.717, 1.165) is 16.5 Å². The van der Waals surface area contributed by atoms with E-state index in [1.807, 2.05) is 24.3 Å². The SMILES string of the molecule is C=Cc1cccc2c1ccn2S(=O)(=O)CC=Cc1cccnc1. The van der Waals surface area contributed by atoms with E-state index in [1.165, 1.54) is 3.97 Å². The van der Waals surface area contributed by atoms with Gasteiger partial charge in [-0.15, -0.1) is 0 Å². The molecule has 0 radical (unpaired) electrons. The minimum absolute atomic E-state index is 0.0794. The molecule has 0 amide bonds. The summed E-state index contributed by atoms with van der Waals surface area (Å²) < 4.78 is 26.5. The Morgan fingerprint density at radius 3 is 2.78 bits per heavy atom. The zero-order chi connectivity index (χ0) is 16.3. The summed E-state index contributed by atoms with van der Waals surface area (Å²) in [5, 5.41) is 0.877. The Labute approximate surface area is 135 Å². The van der Waals surface area contributed by atoms with Crippen molar-refractivity contribution in [3.63, 3.8) is 0 Å². The van der Waals surface area contributed by atoms with Gasteiger partial charge >= 0.3 is 0 Å². The quantitative estimate of drug-likeness (QED) is 0.721. The van der Waals surface area contributed by atoms with E-state index in [-0.39, 0.29) is 5.75 Å². The fourth-order valence-corrected chi connectivity index (χ4v) is 3.65. The second-order valence-electron chi connectivity index (χ2n) is 5.06. The highest BCUT2D eigenvalue weighted by Crippen LogP contribution is 2.22. The van der Waals surface area contributed by atoms with Gasteiger partial charge in [0.25, 0.3) is 0 Å². The Morgan fingerprint density at radius 2 is 2.04 bits per heavy atom. The molecular weight excluding hydrogens is 308 g/mol. The molecular formula is C18H16N2O2S. The highest BCUT2D eigenvalue weighted by atomic mass is 32.2. The van der Waals surface area contributed by atoms with E-state index in [9.17, 15) is 8.42 Å². The number of rotatable bonds is 5. The van der Waals surface area contributed by atoms with E-state index in [2.05, 4.69) is 11.6 Å². The lowest BCUT2D eigenvalue weighted by molar-refractivity contribution is 0.592. The maximum Gasteiger partial charge on any atom is 0.242 e. The Morgan fingerprint density at radius 1 is 1.17 bits per heavy atom. The molecule has 0 atom stereocenters. The lowest BCUT2D eigenvalue weighted by atomic mass is 10.1. The van der Waals surface area contributed by atoms with Crippen molar-refractivity contribution in [2.75, 3.05) is 5.75 Å². The second kappa shape index (κ2) is 6.22. The molecule has 5 heteroatoms. The first kappa shape index (κ1) is 15.2. The van der Waals surface area contributed by atoms with Gasteiger partial charge in [0.05, 0.1) is 11.3 Å². The molecule has 2 aromatic heterocycles. The minimum atomic E-state index is -3.46. The smallest absolute Gasteiger partial charge is 0.242 e. The minimum Gasteiger partial charge on any atom is -0.264 e. The Bertz CT molecular complexity index is 971. The van der Waals surface area contributed by atoms with E-state index in [0.29, 0.717) is 5.52 Å². The van der Waals surface area contributed by atoms with Crippen LogP contribution < -0.4 is 0 Å². The highest BCUT2D eigenvalue weighted by molar-refractivity contribution is 7.90. The summed E-state index contributed by atoms with van der Waals surface area (Å²) in [6.07, 6.45) is 10.1. The molecule has 0 aliphatic heterocycles. The van der Waals surface area contributed by atoms with Crippen LogP contribution >= 0.6 is 0 Å². The van der Waals surface area contributed by atoms with Crippen molar-refractivity contribution in [3.05, 3.63) is 78.8 Å². The molecule has 1 aromatic carbocycles. The van der Waals surface area contributed by atoms with Gasteiger partial charge in [-0.05, 0) is 29.3 Å². The van der Waals surface area contributed by atoms with Gasteiger partial charge in [0, 0.05) is 24.0 Å². The van der Waals surface area contributed by atoms with Crippen LogP contribution in [0.2, 0.25) is 0 Å². The predicted octanol–water partition coefficient (Wildman–Crippen LogP) is 3.57. The van der Waals surface area contributed by atoms with Gasteiger partial charge in [0.2, 0.25) is 10.0 Å². The van der Waals surface area contributed by atoms with Crippen molar-refractivity contribution < 1.29 is 8.42 Å². The monoisotopic (exact) mass is 324 g/mol. The molecule has 3 rings (SSSR count). The topological polar surface area (TPSA) is 52.0 Å². The van der Waals surface area contributed by atoms with Crippen LogP contribution in [0.1, 0.15) is 11.1 Å². The van der Waals surface area contributed by atoms with Crippen LogP contribution in [0.4, 0.5) is 0 Å². The molecule has 0 bridgehead atoms. The van der Waals surface area contributed by atoms with E-state index in [1.54, 1.807) is 49.0 Å². The molecule has 2 heterocycles. The summed E-state index contributed by atoms with van der Waals surface area (Å²) in [6, 6.07) is 11.0. The lowest BCUT2D eigenvalue weighted by Gasteiger charge is -2.06. The average molecular weight is 324 g/mol. The van der Waals surface area contributed by atoms with E-state index in [4.69, 9.17) is 0 Å². The second-order valence-corrected chi connectivity index (χ2v) is 6.95. The van der Waals surface area contributed by atoms with Crippen molar-refractivity contribution in [1.29, 1.82) is 0 Å². The Hall–Kier alpha value is -2.66. The summed E-state index contributed by atoms with van der Waals surface area (Å²) in [4.78, 5) is 3.99. The molecule has 0 N–H and O–H groups in total. The standard InChI is InChI=1S/C18H16N2O2S/c1-2-16-8-3-9-18-17(16)10-12-20(18)23(21,22)13-5-7-15-6-4-11-19-14-15/h2-12,14H,1,13H2. The van der Waals surface area contributed by atoms with Crippen LogP contribution in [0.25, 0.3) is 23.1 Å². The summed E-state index contributed by atoms with van der Waals surface area (Å²) in [5.41, 5.74) is 2.45. The van der Waals surface area contributed by atoms with E-state index < -0.39 is 10.0 Å². The third-order valence-corrected chi connectivity index (χ3v) is 5.08. The van der Waals surface area contributed by atoms with Crippen LogP contribution in [-0.2, 0) is 10.0 Å². The van der Waals surface area contributed by atoms with Crippen LogP contribution in [0, 0.1) is 0 Å². The van der Waals surface area contributed by atoms with Crippen molar-refractivity contribution >= 4 is 33.1 Å². The molecule has 0 spiro atoms. The maximum atomic E-state index is 12.6. The van der Waals surface area contributed by atoms with E-state index >= 15 is 0 Å². The van der Waals surface area contributed by atoms with Gasteiger partial charge in [-0.3, -0.25) is 4.98 Å². The fraction of sp³-hybridized carbons (Fsp3) is 0.0556. The van der Waals surface area contributed by atoms with Gasteiger partial charge < -0.3 is 0 Å². The van der Waals surface area contributed by atoms with Crippen molar-refractivity contribution in [3.8, 4) is 0 Å². The van der Waals surface area contributed by atoms with Gasteiger partial charge in [-0.25, -0.2) is 12.4 Å². The van der Waals surface area contributed by atoms with Gasteiger partial charge in [0.15, 0.2) is 0 Å².